The minimum Gasteiger partial charge on any atom is -0.324 e. The fourth-order valence-corrected chi connectivity index (χ4v) is 3.83. The molecule has 8 heteroatoms. The Labute approximate surface area is 179 Å². The molecule has 0 unspecified atom stereocenters. The maximum Gasteiger partial charge on any atom is 0.262 e. The van der Waals surface area contributed by atoms with Crippen molar-refractivity contribution in [2.24, 2.45) is 0 Å². The molecule has 3 rings (SSSR count). The monoisotopic (exact) mass is 421 g/mol. The molecule has 0 radical (unpaired) electrons. The molecule has 0 atom stereocenters. The van der Waals surface area contributed by atoms with E-state index in [1.54, 1.807) is 41.0 Å². The lowest BCUT2D eigenvalue weighted by Crippen LogP contribution is -2.26. The Morgan fingerprint density at radius 1 is 1.20 bits per heavy atom. The van der Waals surface area contributed by atoms with Crippen molar-refractivity contribution in [1.82, 2.24) is 14.5 Å². The molecule has 0 fully saturated rings. The molecule has 30 heavy (non-hydrogen) atoms. The molecular weight excluding hydrogens is 398 g/mol. The molecule has 3 aromatic rings. The van der Waals surface area contributed by atoms with Crippen LogP contribution in [0.5, 0.6) is 0 Å². The minimum atomic E-state index is -0.259. The maximum absolute atomic E-state index is 13.0. The van der Waals surface area contributed by atoms with Gasteiger partial charge in [0.15, 0.2) is 5.16 Å². The van der Waals surface area contributed by atoms with Gasteiger partial charge in [0, 0.05) is 6.54 Å². The van der Waals surface area contributed by atoms with Crippen LogP contribution in [0.4, 0.5) is 5.69 Å². The van der Waals surface area contributed by atoms with Crippen molar-refractivity contribution in [3.05, 3.63) is 64.4 Å². The van der Waals surface area contributed by atoms with Gasteiger partial charge in [-0.1, -0.05) is 36.0 Å². The van der Waals surface area contributed by atoms with Crippen LogP contribution >= 0.6 is 11.8 Å². The molecule has 0 aliphatic rings. The number of nitrogens with zero attached hydrogens (tertiary/aromatic N) is 4. The molecule has 0 spiro atoms. The van der Waals surface area contributed by atoms with Crippen molar-refractivity contribution in [3.63, 3.8) is 0 Å². The van der Waals surface area contributed by atoms with E-state index in [4.69, 9.17) is 0 Å². The quantitative estimate of drug-likeness (QED) is 0.444. The Bertz CT molecular complexity index is 1150. The first-order valence-corrected chi connectivity index (χ1v) is 10.5. The zero-order valence-corrected chi connectivity index (χ0v) is 17.8. The van der Waals surface area contributed by atoms with Crippen LogP contribution in [-0.2, 0) is 11.3 Å². The lowest BCUT2D eigenvalue weighted by Gasteiger charge is -2.15. The molecule has 0 saturated heterocycles. The van der Waals surface area contributed by atoms with Gasteiger partial charge in [0.25, 0.3) is 5.56 Å². The predicted molar refractivity (Wildman–Crippen MR) is 120 cm³/mol. The van der Waals surface area contributed by atoms with Crippen LogP contribution in [0.15, 0.2) is 58.5 Å². The van der Waals surface area contributed by atoms with E-state index in [9.17, 15) is 14.9 Å². The number of carbonyl (C=O) groups is 1. The molecule has 0 aliphatic heterocycles. The smallest absolute Gasteiger partial charge is 0.262 e. The number of anilines is 1. The number of amides is 1. The highest BCUT2D eigenvalue weighted by Gasteiger charge is 2.14. The molecule has 154 valence electrons. The van der Waals surface area contributed by atoms with Crippen molar-refractivity contribution in [2.45, 2.75) is 18.1 Å². The molecule has 1 N–H and O–H groups in total. The average Bonchev–Trinajstić information content (AvgIpc) is 2.74. The standard InChI is InChI=1S/C22H23N5O2S/c1-26(2)12-7-13-27-21(29)17-9-4-6-11-19(17)25-22(27)30-15-20(28)24-18-10-5-3-8-16(18)14-23/h3-6,8-11H,7,12-13,15H2,1-2H3,(H,24,28). The summed E-state index contributed by atoms with van der Waals surface area (Å²) in [6.07, 6.45) is 0.794. The van der Waals surface area contributed by atoms with Crippen molar-refractivity contribution < 1.29 is 4.79 Å². The number of nitriles is 1. The van der Waals surface area contributed by atoms with E-state index in [1.807, 2.05) is 26.2 Å². The number of hydrogen-bond donors (Lipinski definition) is 1. The molecule has 0 saturated carbocycles. The van der Waals surface area contributed by atoms with E-state index in [1.165, 1.54) is 11.8 Å². The maximum atomic E-state index is 13.0. The highest BCUT2D eigenvalue weighted by molar-refractivity contribution is 7.99. The zero-order chi connectivity index (χ0) is 21.5. The topological polar surface area (TPSA) is 91.0 Å². The number of benzene rings is 2. The minimum absolute atomic E-state index is 0.0816. The number of fused-ring (bicyclic) bond motifs is 1. The van der Waals surface area contributed by atoms with Gasteiger partial charge < -0.3 is 10.2 Å². The third-order valence-corrected chi connectivity index (χ3v) is 5.44. The molecule has 1 aromatic heterocycles. The van der Waals surface area contributed by atoms with E-state index in [0.29, 0.717) is 33.9 Å². The SMILES string of the molecule is CN(C)CCCn1c(SCC(=O)Nc2ccccc2C#N)nc2ccccc2c1=O. The van der Waals surface area contributed by atoms with Gasteiger partial charge in [-0.25, -0.2) is 4.98 Å². The van der Waals surface area contributed by atoms with Crippen molar-refractivity contribution >= 4 is 34.3 Å². The molecule has 0 bridgehead atoms. The number of aromatic nitrogens is 2. The van der Waals surface area contributed by atoms with Gasteiger partial charge in [0.05, 0.1) is 27.9 Å². The van der Waals surface area contributed by atoms with Crippen LogP contribution in [0.25, 0.3) is 10.9 Å². The Kier molecular flexibility index (Phi) is 7.22. The first kappa shape index (κ1) is 21.6. The summed E-state index contributed by atoms with van der Waals surface area (Å²) in [5, 5.41) is 13.0. The average molecular weight is 422 g/mol. The Hall–Kier alpha value is -3.15. The molecule has 0 aliphatic carbocycles. The Morgan fingerprint density at radius 2 is 1.93 bits per heavy atom. The second-order valence-corrected chi connectivity index (χ2v) is 7.96. The summed E-state index contributed by atoms with van der Waals surface area (Å²) in [4.78, 5) is 32.1. The van der Waals surface area contributed by atoms with Crippen LogP contribution in [0.1, 0.15) is 12.0 Å². The highest BCUT2D eigenvalue weighted by atomic mass is 32.2. The number of carbonyl (C=O) groups excluding carboxylic acids is 1. The number of para-hydroxylation sites is 2. The largest absolute Gasteiger partial charge is 0.324 e. The van der Waals surface area contributed by atoms with Gasteiger partial charge in [0.1, 0.15) is 6.07 Å². The van der Waals surface area contributed by atoms with Crippen molar-refractivity contribution in [2.75, 3.05) is 31.7 Å². The van der Waals surface area contributed by atoms with Crippen molar-refractivity contribution in [1.29, 1.82) is 5.26 Å². The fraction of sp³-hybridized carbons (Fsp3) is 0.273. The van der Waals surface area contributed by atoms with Crippen molar-refractivity contribution in [3.8, 4) is 6.07 Å². The summed E-state index contributed by atoms with van der Waals surface area (Å²) in [5.74, 6) is -0.178. The summed E-state index contributed by atoms with van der Waals surface area (Å²) in [7, 11) is 3.97. The van der Waals surface area contributed by atoms with Gasteiger partial charge in [-0.15, -0.1) is 0 Å². The second-order valence-electron chi connectivity index (χ2n) is 7.02. The van der Waals surface area contributed by atoms with E-state index in [2.05, 4.69) is 21.3 Å². The molecule has 7 nitrogen and oxygen atoms in total. The number of rotatable bonds is 8. The number of thioether (sulfide) groups is 1. The highest BCUT2D eigenvalue weighted by Crippen LogP contribution is 2.19. The summed E-state index contributed by atoms with van der Waals surface area (Å²) >= 11 is 1.22. The summed E-state index contributed by atoms with van der Waals surface area (Å²) in [5.41, 5.74) is 1.39. The molecular formula is C22H23N5O2S. The van der Waals surface area contributed by atoms with Gasteiger partial charge in [-0.2, -0.15) is 5.26 Å². The second kappa shape index (κ2) is 10.1. The van der Waals surface area contributed by atoms with Gasteiger partial charge in [0.2, 0.25) is 5.91 Å². The van der Waals surface area contributed by atoms with Crippen LogP contribution in [-0.4, -0.2) is 46.8 Å². The number of nitrogens with one attached hydrogen (secondary N) is 1. The van der Waals surface area contributed by atoms with E-state index < -0.39 is 0 Å². The normalized spacial score (nSPS) is 10.9. The lowest BCUT2D eigenvalue weighted by molar-refractivity contribution is -0.113. The number of hydrogen-bond acceptors (Lipinski definition) is 6. The van der Waals surface area contributed by atoms with E-state index in [-0.39, 0.29) is 17.2 Å². The van der Waals surface area contributed by atoms with E-state index >= 15 is 0 Å². The summed E-state index contributed by atoms with van der Waals surface area (Å²) in [6.45, 7) is 1.37. The molecule has 1 amide bonds. The predicted octanol–water partition coefficient (Wildman–Crippen LogP) is 2.95. The Balaban J connectivity index is 1.80. The lowest BCUT2D eigenvalue weighted by atomic mass is 10.2. The Morgan fingerprint density at radius 3 is 2.70 bits per heavy atom. The molecule has 1 heterocycles. The third kappa shape index (κ3) is 5.26. The summed E-state index contributed by atoms with van der Waals surface area (Å²) < 4.78 is 1.65. The summed E-state index contributed by atoms with van der Waals surface area (Å²) in [6, 6.07) is 16.1. The molecule has 2 aromatic carbocycles. The zero-order valence-electron chi connectivity index (χ0n) is 17.0. The van der Waals surface area contributed by atoms with E-state index in [0.717, 1.165) is 13.0 Å². The fourth-order valence-electron chi connectivity index (χ4n) is 3.01. The first-order valence-electron chi connectivity index (χ1n) is 9.55. The van der Waals surface area contributed by atoms with Crippen LogP contribution < -0.4 is 10.9 Å². The first-order chi connectivity index (χ1) is 14.5. The van der Waals surface area contributed by atoms with Gasteiger partial charge >= 0.3 is 0 Å². The van der Waals surface area contributed by atoms with Crippen LogP contribution in [0, 0.1) is 11.3 Å². The van der Waals surface area contributed by atoms with Gasteiger partial charge in [-0.05, 0) is 51.3 Å². The third-order valence-electron chi connectivity index (χ3n) is 4.47. The van der Waals surface area contributed by atoms with Gasteiger partial charge in [-0.3, -0.25) is 14.2 Å². The van der Waals surface area contributed by atoms with Crippen LogP contribution in [0.2, 0.25) is 0 Å². The van der Waals surface area contributed by atoms with Crippen LogP contribution in [0.3, 0.4) is 0 Å².